The molecular weight excluding hydrogens is 252 g/mol. The summed E-state index contributed by atoms with van der Waals surface area (Å²) < 4.78 is 6.35. The number of carboxylic acids is 1. The Morgan fingerprint density at radius 1 is 1.10 bits per heavy atom. The van der Waals surface area contributed by atoms with E-state index in [4.69, 9.17) is 4.74 Å². The fourth-order valence-electron chi connectivity index (χ4n) is 4.18. The van der Waals surface area contributed by atoms with Crippen LogP contribution in [-0.2, 0) is 0 Å². The number of aromatic carboxylic acids is 1. The van der Waals surface area contributed by atoms with Gasteiger partial charge in [0.15, 0.2) is 0 Å². The molecule has 0 heterocycles. The maximum atomic E-state index is 11.3. The quantitative estimate of drug-likeness (QED) is 0.901. The van der Waals surface area contributed by atoms with Crippen molar-refractivity contribution in [2.24, 2.45) is 10.8 Å². The molecule has 0 saturated heterocycles. The van der Waals surface area contributed by atoms with Gasteiger partial charge in [-0.25, -0.2) is 4.79 Å². The summed E-state index contributed by atoms with van der Waals surface area (Å²) in [6.07, 6.45) is 4.36. The van der Waals surface area contributed by atoms with Crippen molar-refractivity contribution in [3.05, 3.63) is 29.8 Å². The van der Waals surface area contributed by atoms with E-state index in [1.54, 1.807) is 18.2 Å². The Labute approximate surface area is 120 Å². The lowest BCUT2D eigenvalue weighted by Crippen LogP contribution is -2.45. The molecule has 2 bridgehead atoms. The molecule has 0 atom stereocenters. The molecular formula is C17H22O3. The first-order valence-corrected chi connectivity index (χ1v) is 7.33. The highest BCUT2D eigenvalue weighted by molar-refractivity contribution is 5.90. The third kappa shape index (κ3) is 1.55. The summed E-state index contributed by atoms with van der Waals surface area (Å²) in [4.78, 5) is 11.3. The Kier molecular flexibility index (Phi) is 2.69. The van der Waals surface area contributed by atoms with Crippen molar-refractivity contribution < 1.29 is 14.6 Å². The van der Waals surface area contributed by atoms with Gasteiger partial charge in [-0.1, -0.05) is 32.9 Å². The van der Waals surface area contributed by atoms with Gasteiger partial charge in [0.2, 0.25) is 0 Å². The van der Waals surface area contributed by atoms with Crippen LogP contribution in [0.15, 0.2) is 24.3 Å². The zero-order valence-corrected chi connectivity index (χ0v) is 12.4. The molecule has 2 aliphatic rings. The molecule has 20 heavy (non-hydrogen) atoms. The molecule has 0 spiro atoms. The Morgan fingerprint density at radius 2 is 1.70 bits per heavy atom. The van der Waals surface area contributed by atoms with Gasteiger partial charge in [-0.3, -0.25) is 0 Å². The maximum absolute atomic E-state index is 11.3. The predicted octanol–water partition coefficient (Wildman–Crippen LogP) is 4.12. The second kappa shape index (κ2) is 4.00. The van der Waals surface area contributed by atoms with Crippen molar-refractivity contribution in [2.75, 3.05) is 0 Å². The van der Waals surface area contributed by atoms with Crippen LogP contribution in [0.25, 0.3) is 0 Å². The van der Waals surface area contributed by atoms with Gasteiger partial charge in [0.1, 0.15) is 16.9 Å². The maximum Gasteiger partial charge on any atom is 0.339 e. The minimum atomic E-state index is -0.923. The number of benzene rings is 1. The van der Waals surface area contributed by atoms with Crippen LogP contribution in [0.3, 0.4) is 0 Å². The SMILES string of the molecule is CC12CCC(Oc3ccccc3C(=O)O)(CC1)C2(C)C. The van der Waals surface area contributed by atoms with Crippen molar-refractivity contribution in [3.63, 3.8) is 0 Å². The Bertz CT molecular complexity index is 551. The molecule has 0 radical (unpaired) electrons. The summed E-state index contributed by atoms with van der Waals surface area (Å²) in [5, 5.41) is 9.31. The number of rotatable bonds is 3. The number of fused-ring (bicyclic) bond motifs is 2. The van der Waals surface area contributed by atoms with Gasteiger partial charge in [0.05, 0.1) is 0 Å². The van der Waals surface area contributed by atoms with Gasteiger partial charge in [-0.2, -0.15) is 0 Å². The topological polar surface area (TPSA) is 46.5 Å². The molecule has 0 aromatic heterocycles. The van der Waals surface area contributed by atoms with E-state index in [0.717, 1.165) is 25.7 Å². The summed E-state index contributed by atoms with van der Waals surface area (Å²) >= 11 is 0. The summed E-state index contributed by atoms with van der Waals surface area (Å²) in [6.45, 7) is 6.89. The van der Waals surface area contributed by atoms with E-state index >= 15 is 0 Å². The third-order valence-corrected chi connectivity index (χ3v) is 6.23. The fourth-order valence-corrected chi connectivity index (χ4v) is 4.18. The van der Waals surface area contributed by atoms with Crippen LogP contribution >= 0.6 is 0 Å². The van der Waals surface area contributed by atoms with Gasteiger partial charge >= 0.3 is 5.97 Å². The summed E-state index contributed by atoms with van der Waals surface area (Å²) in [5.41, 5.74) is 0.433. The van der Waals surface area contributed by atoms with E-state index in [-0.39, 0.29) is 16.6 Å². The zero-order valence-electron chi connectivity index (χ0n) is 12.4. The van der Waals surface area contributed by atoms with Gasteiger partial charge in [0, 0.05) is 5.41 Å². The molecule has 2 aliphatic carbocycles. The first-order valence-electron chi connectivity index (χ1n) is 7.33. The lowest BCUT2D eigenvalue weighted by Gasteiger charge is -2.41. The van der Waals surface area contributed by atoms with Crippen LogP contribution in [0.1, 0.15) is 56.8 Å². The molecule has 3 nitrogen and oxygen atoms in total. The van der Waals surface area contributed by atoms with Gasteiger partial charge in [0.25, 0.3) is 0 Å². The predicted molar refractivity (Wildman–Crippen MR) is 77.1 cm³/mol. The van der Waals surface area contributed by atoms with E-state index in [0.29, 0.717) is 11.2 Å². The molecule has 3 rings (SSSR count). The molecule has 1 aromatic carbocycles. The molecule has 108 valence electrons. The highest BCUT2D eigenvalue weighted by Crippen LogP contribution is 2.68. The third-order valence-electron chi connectivity index (χ3n) is 6.23. The largest absolute Gasteiger partial charge is 0.486 e. The van der Waals surface area contributed by atoms with Crippen LogP contribution in [0.2, 0.25) is 0 Å². The Hall–Kier alpha value is -1.51. The van der Waals surface area contributed by atoms with Crippen molar-refractivity contribution in [3.8, 4) is 5.75 Å². The normalized spacial score (nSPS) is 34.1. The van der Waals surface area contributed by atoms with E-state index in [9.17, 15) is 9.90 Å². The van der Waals surface area contributed by atoms with Gasteiger partial charge < -0.3 is 9.84 Å². The zero-order chi connectivity index (χ0) is 14.6. The Morgan fingerprint density at radius 3 is 2.20 bits per heavy atom. The molecule has 0 amide bonds. The van der Waals surface area contributed by atoms with Crippen molar-refractivity contribution in [1.82, 2.24) is 0 Å². The smallest absolute Gasteiger partial charge is 0.339 e. The van der Waals surface area contributed by atoms with Crippen molar-refractivity contribution >= 4 is 5.97 Å². The first-order chi connectivity index (χ1) is 9.31. The number of ether oxygens (including phenoxy) is 1. The molecule has 3 heteroatoms. The van der Waals surface area contributed by atoms with Crippen LogP contribution in [0, 0.1) is 10.8 Å². The van der Waals surface area contributed by atoms with E-state index in [2.05, 4.69) is 20.8 Å². The van der Waals surface area contributed by atoms with Crippen LogP contribution in [0.5, 0.6) is 5.75 Å². The highest BCUT2D eigenvalue weighted by Gasteiger charge is 2.67. The minimum Gasteiger partial charge on any atom is -0.486 e. The monoisotopic (exact) mass is 274 g/mol. The number of carboxylic acid groups (broad SMARTS) is 1. The van der Waals surface area contributed by atoms with Crippen LogP contribution in [-0.4, -0.2) is 16.7 Å². The van der Waals surface area contributed by atoms with Gasteiger partial charge in [-0.15, -0.1) is 0 Å². The number of para-hydroxylation sites is 1. The van der Waals surface area contributed by atoms with E-state index in [1.165, 1.54) is 0 Å². The van der Waals surface area contributed by atoms with Crippen molar-refractivity contribution in [2.45, 2.75) is 52.1 Å². The number of hydrogen-bond acceptors (Lipinski definition) is 2. The molecule has 1 aromatic rings. The van der Waals surface area contributed by atoms with E-state index in [1.807, 2.05) is 6.07 Å². The summed E-state index contributed by atoms with van der Waals surface area (Å²) in [7, 11) is 0. The minimum absolute atomic E-state index is 0.0750. The molecule has 2 saturated carbocycles. The molecule has 1 N–H and O–H groups in total. The Balaban J connectivity index is 1.99. The van der Waals surface area contributed by atoms with Crippen molar-refractivity contribution in [1.29, 1.82) is 0 Å². The second-order valence-corrected chi connectivity index (χ2v) is 7.08. The van der Waals surface area contributed by atoms with Crippen LogP contribution in [0.4, 0.5) is 0 Å². The molecule has 0 unspecified atom stereocenters. The number of hydrogen-bond donors (Lipinski definition) is 1. The first kappa shape index (κ1) is 13.5. The highest BCUT2D eigenvalue weighted by atomic mass is 16.5. The molecule has 0 aliphatic heterocycles. The second-order valence-electron chi connectivity index (χ2n) is 7.08. The lowest BCUT2D eigenvalue weighted by molar-refractivity contribution is -0.0171. The molecule has 2 fully saturated rings. The van der Waals surface area contributed by atoms with Crippen LogP contribution < -0.4 is 4.74 Å². The van der Waals surface area contributed by atoms with E-state index < -0.39 is 5.97 Å². The average Bonchev–Trinajstić information content (AvgIpc) is 2.70. The summed E-state index contributed by atoms with van der Waals surface area (Å²) in [6, 6.07) is 6.98. The average molecular weight is 274 g/mol. The lowest BCUT2D eigenvalue weighted by atomic mass is 9.70. The summed E-state index contributed by atoms with van der Waals surface area (Å²) in [5.74, 6) is -0.409. The fraction of sp³-hybridized carbons (Fsp3) is 0.588. The standard InChI is InChI=1S/C17H22O3/c1-15(2)16(3)8-10-17(15,11-9-16)20-13-7-5-4-6-12(13)14(18)19/h4-7H,8-11H2,1-3H3,(H,18,19). The number of carbonyl (C=O) groups is 1. The van der Waals surface area contributed by atoms with Gasteiger partial charge in [-0.05, 0) is 43.2 Å².